The number of pyridine rings is 1. The highest BCUT2D eigenvalue weighted by atomic mass is 19.1. The molecule has 2 saturated carbocycles. The van der Waals surface area contributed by atoms with E-state index in [1.165, 1.54) is 6.07 Å². The molecule has 5 nitrogen and oxygen atoms in total. The molecule has 6 heteroatoms. The van der Waals surface area contributed by atoms with Crippen molar-refractivity contribution in [1.82, 2.24) is 4.98 Å². The predicted molar refractivity (Wildman–Crippen MR) is 106 cm³/mol. The van der Waals surface area contributed by atoms with Gasteiger partial charge in [0, 0.05) is 5.92 Å². The Bertz CT molecular complexity index is 918. The van der Waals surface area contributed by atoms with E-state index in [1.807, 2.05) is 12.1 Å². The van der Waals surface area contributed by atoms with Gasteiger partial charge in [0.1, 0.15) is 18.1 Å². The zero-order valence-electron chi connectivity index (χ0n) is 16.3. The first-order valence-corrected chi connectivity index (χ1v) is 10.2. The van der Waals surface area contributed by atoms with E-state index in [0.29, 0.717) is 23.2 Å². The first kappa shape index (κ1) is 19.6. The summed E-state index contributed by atoms with van der Waals surface area (Å²) in [6.45, 7) is -0.0348. The molecule has 1 heterocycles. The number of nitrogens with two attached hydrogens (primary N) is 1. The maximum Gasteiger partial charge on any atom is 0.404 e. The summed E-state index contributed by atoms with van der Waals surface area (Å²) in [6, 6.07) is 10.5. The Morgan fingerprint density at radius 3 is 2.41 bits per heavy atom. The summed E-state index contributed by atoms with van der Waals surface area (Å²) in [5.41, 5.74) is 8.10. The first-order valence-electron chi connectivity index (χ1n) is 10.2. The van der Waals surface area contributed by atoms with Gasteiger partial charge < -0.3 is 10.5 Å². The number of halogens is 1. The van der Waals surface area contributed by atoms with Gasteiger partial charge in [-0.1, -0.05) is 18.2 Å². The first-order chi connectivity index (χ1) is 14.0. The van der Waals surface area contributed by atoms with Gasteiger partial charge in [0.25, 0.3) is 0 Å². The number of Topliss-reactive ketones (excluding diaryl/α,β-unsaturated/α-hetero) is 1. The van der Waals surface area contributed by atoms with Crippen LogP contribution in [-0.2, 0) is 11.3 Å². The van der Waals surface area contributed by atoms with Crippen molar-refractivity contribution in [2.24, 2.45) is 11.7 Å². The largest absolute Gasteiger partial charge is 0.443 e. The van der Waals surface area contributed by atoms with Crippen molar-refractivity contribution < 1.29 is 18.7 Å². The molecule has 2 aliphatic carbocycles. The number of carbonyl (C=O) groups excluding carboxylic acids is 2. The minimum Gasteiger partial charge on any atom is -0.443 e. The van der Waals surface area contributed by atoms with Gasteiger partial charge in [-0.15, -0.1) is 0 Å². The molecule has 0 saturated heterocycles. The minimum atomic E-state index is -0.860. The fourth-order valence-electron chi connectivity index (χ4n) is 4.30. The molecule has 4 rings (SSSR count). The van der Waals surface area contributed by atoms with Crippen LogP contribution in [0.5, 0.6) is 0 Å². The molecule has 1 aromatic heterocycles. The molecule has 2 aromatic rings. The molecule has 2 fully saturated rings. The lowest BCUT2D eigenvalue weighted by Crippen LogP contribution is -2.24. The summed E-state index contributed by atoms with van der Waals surface area (Å²) in [5, 5.41) is 0. The van der Waals surface area contributed by atoms with Crippen molar-refractivity contribution in [2.45, 2.75) is 57.0 Å². The van der Waals surface area contributed by atoms with Gasteiger partial charge in [0.2, 0.25) is 0 Å². The molecule has 0 atom stereocenters. The van der Waals surface area contributed by atoms with E-state index >= 15 is 0 Å². The van der Waals surface area contributed by atoms with Gasteiger partial charge in [0.15, 0.2) is 5.78 Å². The highest BCUT2D eigenvalue weighted by Crippen LogP contribution is 2.43. The molecule has 0 spiro atoms. The summed E-state index contributed by atoms with van der Waals surface area (Å²) in [4.78, 5) is 28.7. The molecule has 0 aliphatic heterocycles. The molecular formula is C23H25FN2O3. The topological polar surface area (TPSA) is 82.3 Å². The van der Waals surface area contributed by atoms with Gasteiger partial charge in [-0.05, 0) is 79.7 Å². The second-order valence-corrected chi connectivity index (χ2v) is 8.09. The van der Waals surface area contributed by atoms with Crippen LogP contribution in [0.4, 0.5) is 9.18 Å². The average Bonchev–Trinajstić information content (AvgIpc) is 3.57. The number of ether oxygens (including phenoxy) is 1. The van der Waals surface area contributed by atoms with Crippen molar-refractivity contribution in [3.05, 3.63) is 64.7 Å². The molecule has 152 valence electrons. The molecule has 0 bridgehead atoms. The van der Waals surface area contributed by atoms with Gasteiger partial charge in [-0.3, -0.25) is 4.79 Å². The Kier molecular flexibility index (Phi) is 5.60. The normalized spacial score (nSPS) is 21.6. The summed E-state index contributed by atoms with van der Waals surface area (Å²) >= 11 is 0. The van der Waals surface area contributed by atoms with E-state index in [9.17, 15) is 14.0 Å². The highest BCUT2D eigenvalue weighted by molar-refractivity contribution is 5.97. The number of primary amides is 1. The SMILES string of the molecule is NC(=O)OCc1ccc(C2CC2)c(C(=O)C2CCC(c3cccc(F)c3)CC2)n1. The molecule has 2 N–H and O–H groups in total. The monoisotopic (exact) mass is 396 g/mol. The summed E-state index contributed by atoms with van der Waals surface area (Å²) in [6.07, 6.45) is 4.56. The third-order valence-electron chi connectivity index (χ3n) is 6.02. The standard InChI is InChI=1S/C23H25FN2O3/c24-18-3-1-2-17(12-18)14-4-8-16(9-5-14)22(27)21-20(15-6-7-15)11-10-19(26-21)13-29-23(25)28/h1-3,10-12,14-16H,4-9,13H2,(H2,25,28). The smallest absolute Gasteiger partial charge is 0.404 e. The number of carbonyl (C=O) groups is 2. The van der Waals surface area contributed by atoms with E-state index in [-0.39, 0.29) is 24.1 Å². The van der Waals surface area contributed by atoms with Crippen LogP contribution in [0, 0.1) is 11.7 Å². The Morgan fingerprint density at radius 1 is 1.03 bits per heavy atom. The summed E-state index contributed by atoms with van der Waals surface area (Å²) < 4.78 is 18.4. The Hall–Kier alpha value is -2.76. The van der Waals surface area contributed by atoms with Crippen LogP contribution in [0.15, 0.2) is 36.4 Å². The fraction of sp³-hybridized carbons (Fsp3) is 0.435. The van der Waals surface area contributed by atoms with E-state index in [1.54, 1.807) is 18.2 Å². The second kappa shape index (κ2) is 8.31. The number of amides is 1. The van der Waals surface area contributed by atoms with Crippen LogP contribution < -0.4 is 5.73 Å². The summed E-state index contributed by atoms with van der Waals surface area (Å²) in [5.74, 6) is 0.480. The third-order valence-corrected chi connectivity index (χ3v) is 6.02. The fourth-order valence-corrected chi connectivity index (χ4v) is 4.30. The van der Waals surface area contributed by atoms with Crippen LogP contribution in [-0.4, -0.2) is 16.9 Å². The van der Waals surface area contributed by atoms with Crippen LogP contribution in [0.3, 0.4) is 0 Å². The third kappa shape index (κ3) is 4.63. The number of ketones is 1. The van der Waals surface area contributed by atoms with E-state index in [0.717, 1.165) is 49.7 Å². The van der Waals surface area contributed by atoms with Crippen molar-refractivity contribution in [3.63, 3.8) is 0 Å². The lowest BCUT2D eigenvalue weighted by Gasteiger charge is -2.28. The van der Waals surface area contributed by atoms with Gasteiger partial charge in [-0.25, -0.2) is 14.2 Å². The molecule has 0 radical (unpaired) electrons. The van der Waals surface area contributed by atoms with Crippen molar-refractivity contribution in [3.8, 4) is 0 Å². The summed E-state index contributed by atoms with van der Waals surface area (Å²) in [7, 11) is 0. The van der Waals surface area contributed by atoms with Crippen LogP contribution >= 0.6 is 0 Å². The quantitative estimate of drug-likeness (QED) is 0.708. The predicted octanol–water partition coefficient (Wildman–Crippen LogP) is 4.85. The van der Waals surface area contributed by atoms with Gasteiger partial charge in [0.05, 0.1) is 5.69 Å². The Balaban J connectivity index is 1.47. The van der Waals surface area contributed by atoms with Gasteiger partial charge in [-0.2, -0.15) is 0 Å². The second-order valence-electron chi connectivity index (χ2n) is 8.09. The lowest BCUT2D eigenvalue weighted by atomic mass is 9.76. The van der Waals surface area contributed by atoms with Crippen LogP contribution in [0.1, 0.15) is 77.7 Å². The molecule has 1 aromatic carbocycles. The molecule has 29 heavy (non-hydrogen) atoms. The van der Waals surface area contributed by atoms with E-state index in [2.05, 4.69) is 4.98 Å². The van der Waals surface area contributed by atoms with Crippen LogP contribution in [0.25, 0.3) is 0 Å². The maximum atomic E-state index is 13.5. The molecule has 0 unspecified atom stereocenters. The number of benzene rings is 1. The van der Waals surface area contributed by atoms with Crippen molar-refractivity contribution in [1.29, 1.82) is 0 Å². The van der Waals surface area contributed by atoms with Crippen molar-refractivity contribution >= 4 is 11.9 Å². The zero-order chi connectivity index (χ0) is 20.4. The average molecular weight is 396 g/mol. The number of hydrogen-bond acceptors (Lipinski definition) is 4. The van der Waals surface area contributed by atoms with E-state index in [4.69, 9.17) is 10.5 Å². The number of rotatable bonds is 6. The van der Waals surface area contributed by atoms with Crippen LogP contribution in [0.2, 0.25) is 0 Å². The molecular weight excluding hydrogens is 371 g/mol. The highest BCUT2D eigenvalue weighted by Gasteiger charge is 2.34. The molecule has 2 aliphatic rings. The lowest BCUT2D eigenvalue weighted by molar-refractivity contribution is 0.0876. The Labute approximate surface area is 169 Å². The number of aromatic nitrogens is 1. The van der Waals surface area contributed by atoms with Gasteiger partial charge >= 0.3 is 6.09 Å². The number of nitrogens with zero attached hydrogens (tertiary/aromatic N) is 1. The zero-order valence-corrected chi connectivity index (χ0v) is 16.3. The molecule has 1 amide bonds. The maximum absolute atomic E-state index is 13.5. The number of hydrogen-bond donors (Lipinski definition) is 1. The van der Waals surface area contributed by atoms with E-state index < -0.39 is 6.09 Å². The Morgan fingerprint density at radius 2 is 1.76 bits per heavy atom. The van der Waals surface area contributed by atoms with Crippen molar-refractivity contribution in [2.75, 3.05) is 0 Å². The minimum absolute atomic E-state index is 0.0348.